The number of phosphoric acid groups is 1. The molecule has 0 atom stereocenters. The molecule has 0 heterocycles. The molecular weight excluding hydrogens is 355 g/mol. The lowest BCUT2D eigenvalue weighted by atomic mass is 9.90. The Morgan fingerprint density at radius 1 is 0.808 bits per heavy atom. The number of phenolic OH excluding ortho intramolecular Hbond substituents is 2. The molecule has 0 saturated heterocycles. The summed E-state index contributed by atoms with van der Waals surface area (Å²) in [6.07, 6.45) is 0. The van der Waals surface area contributed by atoms with Crippen LogP contribution in [0.3, 0.4) is 0 Å². The van der Waals surface area contributed by atoms with E-state index in [9.17, 15) is 24.6 Å². The summed E-state index contributed by atoms with van der Waals surface area (Å²) in [5.41, 5.74) is 3.03. The van der Waals surface area contributed by atoms with Gasteiger partial charge in [-0.25, -0.2) is 4.57 Å². The van der Waals surface area contributed by atoms with E-state index in [2.05, 4.69) is 0 Å². The molecule has 4 N–H and O–H groups in total. The van der Waals surface area contributed by atoms with Crippen LogP contribution >= 0.6 is 7.82 Å². The lowest BCUT2D eigenvalue weighted by Gasteiger charge is -2.19. The minimum absolute atomic E-state index is 0.00740. The largest absolute Gasteiger partial charge is 0.524 e. The molecule has 134 valence electrons. The highest BCUT2D eigenvalue weighted by molar-refractivity contribution is 7.46. The van der Waals surface area contributed by atoms with Crippen molar-refractivity contribution in [3.05, 3.63) is 66.2 Å². The quantitative estimate of drug-likeness (QED) is 0.511. The molecule has 0 aliphatic carbocycles. The summed E-state index contributed by atoms with van der Waals surface area (Å²) in [4.78, 5) is 18.5. The van der Waals surface area contributed by atoms with Crippen molar-refractivity contribution in [2.75, 3.05) is 0 Å². The van der Waals surface area contributed by atoms with Gasteiger partial charge in [-0.1, -0.05) is 30.3 Å². The second kappa shape index (κ2) is 6.84. The van der Waals surface area contributed by atoms with E-state index in [1.54, 1.807) is 36.4 Å². The Hall–Kier alpha value is -2.79. The summed E-state index contributed by atoms with van der Waals surface area (Å²) < 4.78 is 16.3. The minimum atomic E-state index is -4.79. The fourth-order valence-electron chi connectivity index (χ4n) is 2.87. The van der Waals surface area contributed by atoms with Crippen LogP contribution in [0.5, 0.6) is 17.2 Å². The second-order valence-corrected chi connectivity index (χ2v) is 6.98. The molecule has 0 aliphatic rings. The zero-order chi connectivity index (χ0) is 18.9. The summed E-state index contributed by atoms with van der Waals surface area (Å²) in [5, 5.41) is 19.7. The van der Waals surface area contributed by atoms with Gasteiger partial charge < -0.3 is 14.7 Å². The minimum Gasteiger partial charge on any atom is -0.508 e. The molecule has 6 nitrogen and oxygen atoms in total. The van der Waals surface area contributed by atoms with Crippen LogP contribution < -0.4 is 4.52 Å². The molecule has 0 fully saturated rings. The number of rotatable bonds is 4. The van der Waals surface area contributed by atoms with Gasteiger partial charge in [-0.05, 0) is 59.5 Å². The normalized spacial score (nSPS) is 11.3. The van der Waals surface area contributed by atoms with E-state index in [1.165, 1.54) is 24.3 Å². The summed E-state index contributed by atoms with van der Waals surface area (Å²) in [6, 6.07) is 16.0. The summed E-state index contributed by atoms with van der Waals surface area (Å²) >= 11 is 0. The van der Waals surface area contributed by atoms with Crippen molar-refractivity contribution >= 4 is 7.82 Å². The van der Waals surface area contributed by atoms with Crippen LogP contribution in [-0.2, 0) is 4.57 Å². The van der Waals surface area contributed by atoms with E-state index in [0.29, 0.717) is 22.3 Å². The molecule has 0 unspecified atom stereocenters. The molecule has 7 heteroatoms. The van der Waals surface area contributed by atoms with Gasteiger partial charge in [-0.3, -0.25) is 9.79 Å². The third-order valence-electron chi connectivity index (χ3n) is 3.86. The van der Waals surface area contributed by atoms with E-state index < -0.39 is 7.82 Å². The maximum atomic E-state index is 11.4. The monoisotopic (exact) mass is 372 g/mol. The lowest BCUT2D eigenvalue weighted by Crippen LogP contribution is -1.97. The molecule has 0 amide bonds. The van der Waals surface area contributed by atoms with Gasteiger partial charge in [-0.2, -0.15) is 0 Å². The first-order valence-corrected chi connectivity index (χ1v) is 9.25. The van der Waals surface area contributed by atoms with E-state index in [1.807, 2.05) is 6.92 Å². The molecular formula is C19H17O6P. The van der Waals surface area contributed by atoms with Crippen molar-refractivity contribution in [2.24, 2.45) is 0 Å². The summed E-state index contributed by atoms with van der Waals surface area (Å²) in [6.45, 7) is 1.84. The van der Waals surface area contributed by atoms with E-state index in [4.69, 9.17) is 4.52 Å². The van der Waals surface area contributed by atoms with Crippen LogP contribution in [-0.4, -0.2) is 20.0 Å². The molecule has 0 aliphatic heterocycles. The van der Waals surface area contributed by atoms with Gasteiger partial charge in [0.15, 0.2) is 0 Å². The van der Waals surface area contributed by atoms with Crippen LogP contribution in [0, 0.1) is 6.92 Å². The average Bonchev–Trinajstić information content (AvgIpc) is 2.55. The van der Waals surface area contributed by atoms with Crippen molar-refractivity contribution < 1.29 is 29.1 Å². The van der Waals surface area contributed by atoms with Gasteiger partial charge in [0.25, 0.3) is 0 Å². The number of hydrogen-bond acceptors (Lipinski definition) is 4. The van der Waals surface area contributed by atoms with Crippen LogP contribution in [0.15, 0.2) is 60.7 Å². The van der Waals surface area contributed by atoms with E-state index in [0.717, 1.165) is 5.56 Å². The van der Waals surface area contributed by atoms with Crippen LogP contribution in [0.4, 0.5) is 0 Å². The highest BCUT2D eigenvalue weighted by Gasteiger charge is 2.23. The highest BCUT2D eigenvalue weighted by Crippen LogP contribution is 2.47. The smallest absolute Gasteiger partial charge is 0.508 e. The Bertz CT molecular complexity index is 1010. The van der Waals surface area contributed by atoms with Crippen molar-refractivity contribution in [1.82, 2.24) is 0 Å². The standard InChI is InChI=1S/C19H17O6P/c1-12-8-9-17(25-26(22,23)24)19(14-5-3-7-16(21)11-14)18(12)13-4-2-6-15(20)10-13/h2-11,20-21H,1H3,(H2,22,23,24). The third-order valence-corrected chi connectivity index (χ3v) is 4.30. The fraction of sp³-hybridized carbons (Fsp3) is 0.0526. The zero-order valence-corrected chi connectivity index (χ0v) is 14.7. The van der Waals surface area contributed by atoms with Gasteiger partial charge >= 0.3 is 7.82 Å². The Balaban J connectivity index is 2.35. The van der Waals surface area contributed by atoms with Gasteiger partial charge in [0.2, 0.25) is 0 Å². The maximum Gasteiger partial charge on any atom is 0.524 e. The number of benzene rings is 3. The lowest BCUT2D eigenvalue weighted by molar-refractivity contribution is 0.283. The first kappa shape index (κ1) is 18.0. The summed E-state index contributed by atoms with van der Waals surface area (Å²) in [5.74, 6) is 0.0472. The number of phosphoric ester groups is 1. The highest BCUT2D eigenvalue weighted by atomic mass is 31.2. The molecule has 0 radical (unpaired) electrons. The Kier molecular flexibility index (Phi) is 4.74. The molecule has 3 aromatic rings. The number of aromatic hydroxyl groups is 2. The molecule has 26 heavy (non-hydrogen) atoms. The number of phenols is 2. The van der Waals surface area contributed by atoms with Gasteiger partial charge in [0.1, 0.15) is 17.2 Å². The number of hydrogen-bond donors (Lipinski definition) is 4. The Morgan fingerprint density at radius 2 is 1.35 bits per heavy atom. The van der Waals surface area contributed by atoms with Crippen molar-refractivity contribution in [3.8, 4) is 39.5 Å². The van der Waals surface area contributed by atoms with Crippen LogP contribution in [0.1, 0.15) is 5.56 Å². The van der Waals surface area contributed by atoms with Crippen LogP contribution in [0.25, 0.3) is 22.3 Å². The number of aryl methyl sites for hydroxylation is 1. The molecule has 0 spiro atoms. The van der Waals surface area contributed by atoms with Gasteiger partial charge in [-0.15, -0.1) is 0 Å². The first-order valence-electron chi connectivity index (χ1n) is 7.72. The predicted molar refractivity (Wildman–Crippen MR) is 98.1 cm³/mol. The topological polar surface area (TPSA) is 107 Å². The van der Waals surface area contributed by atoms with E-state index in [-0.39, 0.29) is 17.2 Å². The predicted octanol–water partition coefficient (Wildman–Crippen LogP) is 4.21. The zero-order valence-electron chi connectivity index (χ0n) is 13.8. The molecule has 0 aromatic heterocycles. The molecule has 0 bridgehead atoms. The van der Waals surface area contributed by atoms with Crippen molar-refractivity contribution in [2.45, 2.75) is 6.92 Å². The molecule has 0 saturated carbocycles. The van der Waals surface area contributed by atoms with E-state index >= 15 is 0 Å². The summed E-state index contributed by atoms with van der Waals surface area (Å²) in [7, 11) is -4.79. The maximum absolute atomic E-state index is 11.4. The second-order valence-electron chi connectivity index (χ2n) is 5.81. The average molecular weight is 372 g/mol. The van der Waals surface area contributed by atoms with Gasteiger partial charge in [0.05, 0.1) is 0 Å². The van der Waals surface area contributed by atoms with Gasteiger partial charge in [0, 0.05) is 5.56 Å². The SMILES string of the molecule is Cc1ccc(OP(=O)(O)O)c(-c2cccc(O)c2)c1-c1cccc(O)c1. The van der Waals surface area contributed by atoms with Crippen LogP contribution in [0.2, 0.25) is 0 Å². The Morgan fingerprint density at radius 3 is 1.85 bits per heavy atom. The Labute approximate surface area is 150 Å². The molecule has 3 rings (SSSR count). The van der Waals surface area contributed by atoms with Crippen molar-refractivity contribution in [3.63, 3.8) is 0 Å². The molecule has 3 aromatic carbocycles. The fourth-order valence-corrected chi connectivity index (χ4v) is 3.28. The van der Waals surface area contributed by atoms with Crippen molar-refractivity contribution in [1.29, 1.82) is 0 Å². The first-order chi connectivity index (χ1) is 12.2. The third kappa shape index (κ3) is 3.89.